The van der Waals surface area contributed by atoms with E-state index < -0.39 is 0 Å². The quantitative estimate of drug-likeness (QED) is 0.535. The Bertz CT molecular complexity index is 704. The van der Waals surface area contributed by atoms with Crippen LogP contribution in [0.3, 0.4) is 0 Å². The fourth-order valence-electron chi connectivity index (χ4n) is 2.23. The maximum Gasteiger partial charge on any atom is 0.246 e. The number of nitrogens with one attached hydrogen (secondary N) is 3. The van der Waals surface area contributed by atoms with E-state index >= 15 is 0 Å². The van der Waals surface area contributed by atoms with E-state index in [4.69, 9.17) is 0 Å². The van der Waals surface area contributed by atoms with Crippen molar-refractivity contribution in [2.24, 2.45) is 4.99 Å². The third-order valence-corrected chi connectivity index (χ3v) is 3.38. The first kappa shape index (κ1) is 18.4. The highest BCUT2D eigenvalue weighted by Crippen LogP contribution is 2.04. The molecule has 3 N–H and O–H groups in total. The van der Waals surface area contributed by atoms with Gasteiger partial charge in [0, 0.05) is 18.8 Å². The SMILES string of the molecule is CCNC(=NCC(=O)Nc1ccccc1)NCCc1cccc(F)c1. The van der Waals surface area contributed by atoms with E-state index in [9.17, 15) is 9.18 Å². The van der Waals surface area contributed by atoms with Gasteiger partial charge in [-0.15, -0.1) is 0 Å². The molecule has 0 aliphatic carbocycles. The molecule has 5 nitrogen and oxygen atoms in total. The number of guanidine groups is 1. The first-order valence-electron chi connectivity index (χ1n) is 8.29. The lowest BCUT2D eigenvalue weighted by atomic mass is 10.1. The third kappa shape index (κ3) is 7.03. The Morgan fingerprint density at radius 2 is 1.88 bits per heavy atom. The first-order chi connectivity index (χ1) is 12.2. The summed E-state index contributed by atoms with van der Waals surface area (Å²) >= 11 is 0. The van der Waals surface area contributed by atoms with E-state index in [-0.39, 0.29) is 18.3 Å². The van der Waals surface area contributed by atoms with Crippen molar-refractivity contribution in [1.82, 2.24) is 10.6 Å². The monoisotopic (exact) mass is 342 g/mol. The molecule has 0 aromatic heterocycles. The van der Waals surface area contributed by atoms with Crippen LogP contribution in [0.25, 0.3) is 0 Å². The fraction of sp³-hybridized carbons (Fsp3) is 0.263. The molecule has 2 rings (SSSR count). The second-order valence-corrected chi connectivity index (χ2v) is 5.42. The second-order valence-electron chi connectivity index (χ2n) is 5.42. The summed E-state index contributed by atoms with van der Waals surface area (Å²) in [4.78, 5) is 16.2. The molecular formula is C19H23FN4O. The molecule has 0 radical (unpaired) electrons. The van der Waals surface area contributed by atoms with Gasteiger partial charge in [-0.25, -0.2) is 9.38 Å². The van der Waals surface area contributed by atoms with Gasteiger partial charge >= 0.3 is 0 Å². The number of para-hydroxylation sites is 1. The predicted molar refractivity (Wildman–Crippen MR) is 99.2 cm³/mol. The van der Waals surface area contributed by atoms with Gasteiger partial charge in [0.25, 0.3) is 0 Å². The van der Waals surface area contributed by atoms with Gasteiger partial charge in [-0.3, -0.25) is 4.79 Å². The Hall–Kier alpha value is -2.89. The van der Waals surface area contributed by atoms with E-state index in [1.165, 1.54) is 12.1 Å². The van der Waals surface area contributed by atoms with E-state index in [1.54, 1.807) is 6.07 Å². The number of aliphatic imine (C=N–C) groups is 1. The molecule has 2 aromatic carbocycles. The van der Waals surface area contributed by atoms with Crippen LogP contribution >= 0.6 is 0 Å². The van der Waals surface area contributed by atoms with Crippen molar-refractivity contribution in [3.05, 3.63) is 66.0 Å². The van der Waals surface area contributed by atoms with Gasteiger partial charge in [0.05, 0.1) is 0 Å². The Kier molecular flexibility index (Phi) is 7.43. The largest absolute Gasteiger partial charge is 0.357 e. The zero-order valence-corrected chi connectivity index (χ0v) is 14.3. The second kappa shape index (κ2) is 10.1. The number of carbonyl (C=O) groups is 1. The zero-order valence-electron chi connectivity index (χ0n) is 14.3. The van der Waals surface area contributed by atoms with Crippen LogP contribution in [0.1, 0.15) is 12.5 Å². The third-order valence-electron chi connectivity index (χ3n) is 3.38. The van der Waals surface area contributed by atoms with Crippen molar-refractivity contribution in [3.63, 3.8) is 0 Å². The average Bonchev–Trinajstić information content (AvgIpc) is 2.60. The van der Waals surface area contributed by atoms with Crippen molar-refractivity contribution in [2.75, 3.05) is 25.0 Å². The molecule has 6 heteroatoms. The van der Waals surface area contributed by atoms with Crippen molar-refractivity contribution in [1.29, 1.82) is 0 Å². The molecule has 0 aliphatic heterocycles. The molecule has 2 aromatic rings. The molecule has 0 aliphatic rings. The van der Waals surface area contributed by atoms with Gasteiger partial charge in [-0.05, 0) is 43.2 Å². The summed E-state index contributed by atoms with van der Waals surface area (Å²) in [5, 5.41) is 9.01. The van der Waals surface area contributed by atoms with Crippen LogP contribution in [-0.2, 0) is 11.2 Å². The molecule has 1 amide bonds. The van der Waals surface area contributed by atoms with Gasteiger partial charge < -0.3 is 16.0 Å². The number of carbonyl (C=O) groups excluding carboxylic acids is 1. The smallest absolute Gasteiger partial charge is 0.246 e. The molecule has 132 valence electrons. The van der Waals surface area contributed by atoms with E-state index in [0.717, 1.165) is 11.3 Å². The highest BCUT2D eigenvalue weighted by Gasteiger charge is 2.03. The molecule has 0 heterocycles. The summed E-state index contributed by atoms with van der Waals surface area (Å²) in [6.45, 7) is 3.25. The van der Waals surface area contributed by atoms with Crippen LogP contribution in [0.2, 0.25) is 0 Å². The van der Waals surface area contributed by atoms with Crippen LogP contribution in [0.15, 0.2) is 59.6 Å². The topological polar surface area (TPSA) is 65.5 Å². The van der Waals surface area contributed by atoms with E-state index in [0.29, 0.717) is 25.5 Å². The Balaban J connectivity index is 1.82. The Morgan fingerprint density at radius 3 is 2.60 bits per heavy atom. The minimum atomic E-state index is -0.240. The fourth-order valence-corrected chi connectivity index (χ4v) is 2.23. The number of amides is 1. The molecule has 0 atom stereocenters. The maximum absolute atomic E-state index is 13.2. The predicted octanol–water partition coefficient (Wildman–Crippen LogP) is 2.56. The highest BCUT2D eigenvalue weighted by molar-refractivity contribution is 5.94. The summed E-state index contributed by atoms with van der Waals surface area (Å²) in [7, 11) is 0. The summed E-state index contributed by atoms with van der Waals surface area (Å²) < 4.78 is 13.2. The molecule has 0 saturated carbocycles. The van der Waals surface area contributed by atoms with Gasteiger partial charge in [0.15, 0.2) is 5.96 Å². The number of anilines is 1. The van der Waals surface area contributed by atoms with E-state index in [2.05, 4.69) is 20.9 Å². The first-order valence-corrected chi connectivity index (χ1v) is 8.29. The van der Waals surface area contributed by atoms with Crippen LogP contribution in [0.5, 0.6) is 0 Å². The molecule has 0 saturated heterocycles. The molecule has 0 fully saturated rings. The number of benzene rings is 2. The van der Waals surface area contributed by atoms with Crippen molar-refractivity contribution >= 4 is 17.6 Å². The molecule has 0 unspecified atom stereocenters. The standard InChI is InChI=1S/C19H23FN4O/c1-2-21-19(22-12-11-15-7-6-8-16(20)13-15)23-14-18(25)24-17-9-4-3-5-10-17/h3-10,13H,2,11-12,14H2,1H3,(H,24,25)(H2,21,22,23). The van der Waals surface area contributed by atoms with Crippen LogP contribution in [0, 0.1) is 5.82 Å². The lowest BCUT2D eigenvalue weighted by Gasteiger charge is -2.11. The van der Waals surface area contributed by atoms with Gasteiger partial charge in [-0.1, -0.05) is 30.3 Å². The van der Waals surface area contributed by atoms with E-state index in [1.807, 2.05) is 43.3 Å². The Labute approximate surface area is 147 Å². The number of rotatable bonds is 7. The molecule has 0 spiro atoms. The molecule has 0 bridgehead atoms. The number of nitrogens with zero attached hydrogens (tertiary/aromatic N) is 1. The zero-order chi connectivity index (χ0) is 17.9. The van der Waals surface area contributed by atoms with Crippen molar-refractivity contribution < 1.29 is 9.18 Å². The average molecular weight is 342 g/mol. The highest BCUT2D eigenvalue weighted by atomic mass is 19.1. The lowest BCUT2D eigenvalue weighted by Crippen LogP contribution is -2.39. The normalized spacial score (nSPS) is 11.0. The summed E-state index contributed by atoms with van der Waals surface area (Å²) in [5.41, 5.74) is 1.65. The maximum atomic E-state index is 13.2. The summed E-state index contributed by atoms with van der Waals surface area (Å²) in [6.07, 6.45) is 0.665. The van der Waals surface area contributed by atoms with Crippen LogP contribution in [-0.4, -0.2) is 31.5 Å². The van der Waals surface area contributed by atoms with Gasteiger partial charge in [0.1, 0.15) is 12.4 Å². The number of halogens is 1. The lowest BCUT2D eigenvalue weighted by molar-refractivity contribution is -0.114. The minimum Gasteiger partial charge on any atom is -0.357 e. The molecule has 25 heavy (non-hydrogen) atoms. The molecular weight excluding hydrogens is 319 g/mol. The van der Waals surface area contributed by atoms with Crippen molar-refractivity contribution in [2.45, 2.75) is 13.3 Å². The van der Waals surface area contributed by atoms with Gasteiger partial charge in [-0.2, -0.15) is 0 Å². The van der Waals surface area contributed by atoms with Gasteiger partial charge in [0.2, 0.25) is 5.91 Å². The van der Waals surface area contributed by atoms with Crippen LogP contribution in [0.4, 0.5) is 10.1 Å². The number of hydrogen-bond acceptors (Lipinski definition) is 2. The minimum absolute atomic E-state index is 0.0180. The number of hydrogen-bond donors (Lipinski definition) is 3. The summed E-state index contributed by atoms with van der Waals surface area (Å²) in [5.74, 6) is 0.131. The van der Waals surface area contributed by atoms with Crippen LogP contribution < -0.4 is 16.0 Å². The summed E-state index contributed by atoms with van der Waals surface area (Å²) in [6, 6.07) is 15.8. The Morgan fingerprint density at radius 1 is 1.08 bits per heavy atom. The van der Waals surface area contributed by atoms with Crippen molar-refractivity contribution in [3.8, 4) is 0 Å².